The Kier molecular flexibility index (Phi) is 7.79. The Balaban J connectivity index is 1.95. The highest BCUT2D eigenvalue weighted by Crippen LogP contribution is 2.35. The summed E-state index contributed by atoms with van der Waals surface area (Å²) in [7, 11) is -3.40. The van der Waals surface area contributed by atoms with E-state index in [9.17, 15) is 18.0 Å². The van der Waals surface area contributed by atoms with Crippen LogP contribution in [0.5, 0.6) is 0 Å². The van der Waals surface area contributed by atoms with Gasteiger partial charge in [0.1, 0.15) is 4.88 Å². The fourth-order valence-electron chi connectivity index (χ4n) is 4.08. The monoisotopic (exact) mass is 493 g/mol. The van der Waals surface area contributed by atoms with E-state index in [0.29, 0.717) is 39.9 Å². The number of nitrogens with zero attached hydrogens (tertiary/aromatic N) is 3. The van der Waals surface area contributed by atoms with Gasteiger partial charge >= 0.3 is 5.97 Å². The summed E-state index contributed by atoms with van der Waals surface area (Å²) in [5.41, 5.74) is 2.45. The molecule has 1 atom stereocenters. The normalized spacial score (nSPS) is 15.4. The first-order valence-electron chi connectivity index (χ1n) is 11.2. The minimum Gasteiger partial charge on any atom is -0.462 e. The lowest BCUT2D eigenvalue weighted by molar-refractivity contribution is 0.0531. The second-order valence-electron chi connectivity index (χ2n) is 8.25. The first-order valence-corrected chi connectivity index (χ1v) is 13.8. The predicted octanol–water partition coefficient (Wildman–Crippen LogP) is 4.18. The molecule has 2 aromatic rings. The number of amides is 1. The summed E-state index contributed by atoms with van der Waals surface area (Å²) in [6, 6.07) is 4.94. The van der Waals surface area contributed by atoms with Crippen molar-refractivity contribution in [2.45, 2.75) is 59.4 Å². The van der Waals surface area contributed by atoms with E-state index in [1.54, 1.807) is 36.9 Å². The molecule has 0 radical (unpaired) electrons. The van der Waals surface area contributed by atoms with Crippen LogP contribution in [-0.2, 0) is 21.2 Å². The third-order valence-electron chi connectivity index (χ3n) is 5.54. The van der Waals surface area contributed by atoms with Crippen LogP contribution in [0.25, 0.3) is 0 Å². The van der Waals surface area contributed by atoms with Crippen LogP contribution in [0.1, 0.15) is 71.3 Å². The molecule has 0 bridgehead atoms. The molecule has 1 aliphatic rings. The number of esters is 1. The van der Waals surface area contributed by atoms with Gasteiger partial charge in [0, 0.05) is 18.2 Å². The maximum absolute atomic E-state index is 13.6. The Bertz CT molecular complexity index is 1140. The Morgan fingerprint density at radius 1 is 1.27 bits per heavy atom. The van der Waals surface area contributed by atoms with E-state index in [-0.39, 0.29) is 18.6 Å². The van der Waals surface area contributed by atoms with Crippen LogP contribution in [0, 0.1) is 6.92 Å². The molecule has 1 aromatic carbocycles. The highest BCUT2D eigenvalue weighted by Gasteiger charge is 2.33. The summed E-state index contributed by atoms with van der Waals surface area (Å²) >= 11 is 1.16. The van der Waals surface area contributed by atoms with Crippen molar-refractivity contribution in [2.24, 2.45) is 0 Å². The largest absolute Gasteiger partial charge is 0.462 e. The fourth-order valence-corrected chi connectivity index (χ4v) is 6.33. The van der Waals surface area contributed by atoms with Gasteiger partial charge < -0.3 is 4.74 Å². The number of hydrogen-bond acceptors (Lipinski definition) is 7. The SMILES string of the molecule is CCCCCN(C(=O)c1ccc2c(c1)CC(C)N2S(C)(=O)=O)c1nc(C)c(C(=O)OCC)s1. The molecule has 3 rings (SSSR count). The van der Waals surface area contributed by atoms with Gasteiger partial charge in [0.2, 0.25) is 10.0 Å². The number of benzene rings is 1. The van der Waals surface area contributed by atoms with E-state index in [2.05, 4.69) is 11.9 Å². The van der Waals surface area contributed by atoms with Gasteiger partial charge in [-0.3, -0.25) is 14.0 Å². The third kappa shape index (κ3) is 5.38. The molecule has 0 N–H and O–H groups in total. The molecule has 180 valence electrons. The zero-order valence-electron chi connectivity index (χ0n) is 19.8. The van der Waals surface area contributed by atoms with Gasteiger partial charge in [0.05, 0.1) is 24.2 Å². The molecule has 0 aliphatic carbocycles. The Morgan fingerprint density at radius 3 is 2.64 bits per heavy atom. The molecule has 1 aliphatic heterocycles. The molecule has 0 saturated carbocycles. The number of rotatable bonds is 9. The summed E-state index contributed by atoms with van der Waals surface area (Å²) in [6.07, 6.45) is 4.51. The van der Waals surface area contributed by atoms with Crippen LogP contribution in [0.2, 0.25) is 0 Å². The number of sulfonamides is 1. The van der Waals surface area contributed by atoms with Crippen LogP contribution >= 0.6 is 11.3 Å². The van der Waals surface area contributed by atoms with Gasteiger partial charge in [-0.2, -0.15) is 0 Å². The number of fused-ring (bicyclic) bond motifs is 1. The molecule has 1 aromatic heterocycles. The summed E-state index contributed by atoms with van der Waals surface area (Å²) < 4.78 is 30.9. The van der Waals surface area contributed by atoms with Crippen molar-refractivity contribution in [3.8, 4) is 0 Å². The first kappa shape index (κ1) is 25.2. The number of carbonyl (C=O) groups excluding carboxylic acids is 2. The molecule has 1 unspecified atom stereocenters. The van der Waals surface area contributed by atoms with E-state index < -0.39 is 16.0 Å². The highest BCUT2D eigenvalue weighted by atomic mass is 32.2. The molecule has 0 spiro atoms. The molecule has 2 heterocycles. The van der Waals surface area contributed by atoms with Crippen molar-refractivity contribution in [1.29, 1.82) is 0 Å². The predicted molar refractivity (Wildman–Crippen MR) is 131 cm³/mol. The first-order chi connectivity index (χ1) is 15.6. The van der Waals surface area contributed by atoms with Crippen LogP contribution in [0.3, 0.4) is 0 Å². The second kappa shape index (κ2) is 10.2. The van der Waals surface area contributed by atoms with E-state index in [0.717, 1.165) is 36.2 Å². The van der Waals surface area contributed by atoms with E-state index in [1.165, 1.54) is 10.6 Å². The van der Waals surface area contributed by atoms with Crippen LogP contribution in [0.4, 0.5) is 10.8 Å². The quantitative estimate of drug-likeness (QED) is 0.384. The van der Waals surface area contributed by atoms with Crippen LogP contribution < -0.4 is 9.21 Å². The van der Waals surface area contributed by atoms with Crippen molar-refractivity contribution >= 4 is 44.1 Å². The number of anilines is 2. The molecular weight excluding hydrogens is 462 g/mol. The number of unbranched alkanes of at least 4 members (excludes halogenated alkanes) is 2. The van der Waals surface area contributed by atoms with Crippen LogP contribution in [-0.4, -0.2) is 50.7 Å². The number of aromatic nitrogens is 1. The number of carbonyl (C=O) groups is 2. The number of aryl methyl sites for hydroxylation is 1. The summed E-state index contributed by atoms with van der Waals surface area (Å²) in [6.45, 7) is 8.17. The molecule has 0 fully saturated rings. The van der Waals surface area contributed by atoms with Crippen LogP contribution in [0.15, 0.2) is 18.2 Å². The lowest BCUT2D eigenvalue weighted by atomic mass is 10.1. The van der Waals surface area contributed by atoms with Gasteiger partial charge in [-0.05, 0) is 57.4 Å². The summed E-state index contributed by atoms with van der Waals surface area (Å²) in [4.78, 5) is 32.3. The third-order valence-corrected chi connectivity index (χ3v) is 7.98. The van der Waals surface area contributed by atoms with E-state index >= 15 is 0 Å². The zero-order valence-corrected chi connectivity index (χ0v) is 21.4. The zero-order chi connectivity index (χ0) is 24.3. The van der Waals surface area contributed by atoms with Gasteiger partial charge in [-0.1, -0.05) is 31.1 Å². The average molecular weight is 494 g/mol. The number of hydrogen-bond donors (Lipinski definition) is 0. The lowest BCUT2D eigenvalue weighted by Crippen LogP contribution is -2.34. The van der Waals surface area contributed by atoms with Gasteiger partial charge in [-0.15, -0.1) is 0 Å². The molecule has 8 nitrogen and oxygen atoms in total. The molecule has 33 heavy (non-hydrogen) atoms. The van der Waals surface area contributed by atoms with Crippen molar-refractivity contribution in [1.82, 2.24) is 4.98 Å². The minimum absolute atomic E-state index is 0.199. The average Bonchev–Trinajstić information content (AvgIpc) is 3.29. The van der Waals surface area contributed by atoms with Crippen molar-refractivity contribution in [3.63, 3.8) is 0 Å². The fraction of sp³-hybridized carbons (Fsp3) is 0.522. The summed E-state index contributed by atoms with van der Waals surface area (Å²) in [5, 5.41) is 0.461. The van der Waals surface area contributed by atoms with Crippen molar-refractivity contribution in [2.75, 3.05) is 28.6 Å². The van der Waals surface area contributed by atoms with E-state index in [4.69, 9.17) is 4.74 Å². The Labute approximate surface area is 199 Å². The smallest absolute Gasteiger partial charge is 0.350 e. The van der Waals surface area contributed by atoms with E-state index in [1.807, 2.05) is 6.92 Å². The second-order valence-corrected chi connectivity index (χ2v) is 11.1. The van der Waals surface area contributed by atoms with Crippen molar-refractivity contribution < 1.29 is 22.7 Å². The van der Waals surface area contributed by atoms with Gasteiger partial charge in [0.15, 0.2) is 5.13 Å². The Hall–Kier alpha value is -2.46. The molecular formula is C23H31N3O5S2. The number of thiazole rings is 1. The Morgan fingerprint density at radius 2 is 2.00 bits per heavy atom. The lowest BCUT2D eigenvalue weighted by Gasteiger charge is -2.22. The molecule has 10 heteroatoms. The maximum atomic E-state index is 13.6. The minimum atomic E-state index is -3.40. The topological polar surface area (TPSA) is 96.9 Å². The maximum Gasteiger partial charge on any atom is 0.350 e. The van der Waals surface area contributed by atoms with Gasteiger partial charge in [0.25, 0.3) is 5.91 Å². The number of ether oxygens (including phenoxy) is 1. The highest BCUT2D eigenvalue weighted by molar-refractivity contribution is 7.92. The summed E-state index contributed by atoms with van der Waals surface area (Å²) in [5.74, 6) is -0.657. The molecule has 1 amide bonds. The standard InChI is InChI=1S/C23H31N3O5S2/c1-6-8-9-12-25(23-24-16(4)20(32-23)22(28)31-7-2)21(27)17-10-11-19-18(14-17)13-15(3)26(19)33(5,29)30/h10-11,14-15H,6-9,12-13H2,1-5H3. The van der Waals surface area contributed by atoms with Gasteiger partial charge in [-0.25, -0.2) is 18.2 Å². The van der Waals surface area contributed by atoms with Crippen molar-refractivity contribution in [3.05, 3.63) is 39.9 Å². The molecule has 0 saturated heterocycles.